The number of fused-ring (bicyclic) bond motifs is 1. The molecule has 0 bridgehead atoms. The van der Waals surface area contributed by atoms with Crippen molar-refractivity contribution in [2.75, 3.05) is 6.61 Å². The lowest BCUT2D eigenvalue weighted by atomic mass is 10.1. The van der Waals surface area contributed by atoms with Crippen molar-refractivity contribution in [1.82, 2.24) is 4.57 Å². The Hall–Kier alpha value is -1.03. The van der Waals surface area contributed by atoms with Gasteiger partial charge in [-0.3, -0.25) is 0 Å². The Balaban J connectivity index is 2.77. The molecule has 0 fully saturated rings. The van der Waals surface area contributed by atoms with Gasteiger partial charge in [-0.25, -0.2) is 0 Å². The average molecular weight is 239 g/mol. The summed E-state index contributed by atoms with van der Waals surface area (Å²) >= 11 is 6.15. The molecule has 1 aromatic carbocycles. The standard InChI is InChI=1S/C12H15ClN2O/c1-7-3-4-9(13)8-5-11(10(14)6-16)15(2)12(7)8/h3-5,10,16H,6,14H2,1-2H3. The molecule has 0 amide bonds. The van der Waals surface area contributed by atoms with Crippen molar-refractivity contribution in [2.24, 2.45) is 12.8 Å². The maximum Gasteiger partial charge on any atom is 0.0685 e. The van der Waals surface area contributed by atoms with E-state index in [1.54, 1.807) is 0 Å². The van der Waals surface area contributed by atoms with Crippen LogP contribution in [0.3, 0.4) is 0 Å². The zero-order valence-corrected chi connectivity index (χ0v) is 10.1. The average Bonchev–Trinajstić information content (AvgIpc) is 2.62. The molecule has 0 aliphatic heterocycles. The van der Waals surface area contributed by atoms with E-state index in [2.05, 4.69) is 0 Å². The van der Waals surface area contributed by atoms with Gasteiger partial charge >= 0.3 is 0 Å². The smallest absolute Gasteiger partial charge is 0.0685 e. The lowest BCUT2D eigenvalue weighted by Gasteiger charge is -2.10. The molecule has 1 heterocycles. The molecule has 2 aromatic rings. The second-order valence-corrected chi connectivity index (χ2v) is 4.45. The van der Waals surface area contributed by atoms with E-state index in [4.69, 9.17) is 22.4 Å². The summed E-state index contributed by atoms with van der Waals surface area (Å²) < 4.78 is 2.00. The Bertz CT molecular complexity index is 533. The lowest BCUT2D eigenvalue weighted by Crippen LogP contribution is -2.17. The van der Waals surface area contributed by atoms with Gasteiger partial charge in [0.05, 0.1) is 18.2 Å². The van der Waals surface area contributed by atoms with Crippen LogP contribution in [0.2, 0.25) is 5.02 Å². The fraction of sp³-hybridized carbons (Fsp3) is 0.333. The highest BCUT2D eigenvalue weighted by molar-refractivity contribution is 6.35. The first-order valence-electron chi connectivity index (χ1n) is 5.17. The molecule has 86 valence electrons. The van der Waals surface area contributed by atoms with Gasteiger partial charge in [-0.05, 0) is 24.6 Å². The maximum absolute atomic E-state index is 9.11. The van der Waals surface area contributed by atoms with E-state index < -0.39 is 0 Å². The third kappa shape index (κ3) is 1.61. The number of benzene rings is 1. The predicted molar refractivity (Wildman–Crippen MR) is 66.7 cm³/mol. The molecule has 0 saturated carbocycles. The SMILES string of the molecule is Cc1ccc(Cl)c2cc(C(N)CO)n(C)c12. The van der Waals surface area contributed by atoms with E-state index >= 15 is 0 Å². The van der Waals surface area contributed by atoms with Gasteiger partial charge in [-0.2, -0.15) is 0 Å². The summed E-state index contributed by atoms with van der Waals surface area (Å²) in [7, 11) is 1.94. The lowest BCUT2D eigenvalue weighted by molar-refractivity contribution is 0.264. The Morgan fingerprint density at radius 1 is 1.50 bits per heavy atom. The van der Waals surface area contributed by atoms with E-state index in [-0.39, 0.29) is 12.6 Å². The van der Waals surface area contributed by atoms with Crippen LogP contribution in [-0.2, 0) is 7.05 Å². The highest BCUT2D eigenvalue weighted by atomic mass is 35.5. The number of hydrogen-bond donors (Lipinski definition) is 2. The molecule has 3 nitrogen and oxygen atoms in total. The first-order chi connectivity index (χ1) is 7.56. The molecule has 2 rings (SSSR count). The molecule has 1 aromatic heterocycles. The summed E-state index contributed by atoms with van der Waals surface area (Å²) in [6.07, 6.45) is 0. The van der Waals surface area contributed by atoms with Gasteiger partial charge in [0.25, 0.3) is 0 Å². The largest absolute Gasteiger partial charge is 0.394 e. The molecule has 0 aliphatic carbocycles. The summed E-state index contributed by atoms with van der Waals surface area (Å²) in [5.74, 6) is 0. The highest BCUT2D eigenvalue weighted by Gasteiger charge is 2.14. The fourth-order valence-corrected chi connectivity index (χ4v) is 2.31. The van der Waals surface area contributed by atoms with E-state index in [9.17, 15) is 0 Å². The number of hydrogen-bond acceptors (Lipinski definition) is 2. The highest BCUT2D eigenvalue weighted by Crippen LogP contribution is 2.30. The zero-order chi connectivity index (χ0) is 11.9. The van der Waals surface area contributed by atoms with E-state index in [1.165, 1.54) is 0 Å². The van der Waals surface area contributed by atoms with Gasteiger partial charge in [-0.15, -0.1) is 0 Å². The predicted octanol–water partition coefficient (Wildman–Crippen LogP) is 2.13. The van der Waals surface area contributed by atoms with Crippen molar-refractivity contribution in [1.29, 1.82) is 0 Å². The molecular weight excluding hydrogens is 224 g/mol. The van der Waals surface area contributed by atoms with Gasteiger partial charge in [0, 0.05) is 23.2 Å². The van der Waals surface area contributed by atoms with Gasteiger partial charge in [0.2, 0.25) is 0 Å². The van der Waals surface area contributed by atoms with Crippen molar-refractivity contribution in [3.8, 4) is 0 Å². The number of aliphatic hydroxyl groups excluding tert-OH is 1. The summed E-state index contributed by atoms with van der Waals surface area (Å²) in [6, 6.07) is 5.45. The number of rotatable bonds is 2. The maximum atomic E-state index is 9.11. The van der Waals surface area contributed by atoms with Gasteiger partial charge in [0.15, 0.2) is 0 Å². The van der Waals surface area contributed by atoms with Crippen LogP contribution in [-0.4, -0.2) is 16.3 Å². The first kappa shape index (κ1) is 11.5. The Morgan fingerprint density at radius 2 is 2.19 bits per heavy atom. The second kappa shape index (κ2) is 4.09. The molecule has 0 aliphatic rings. The van der Waals surface area contributed by atoms with E-state index in [0.717, 1.165) is 22.2 Å². The quantitative estimate of drug-likeness (QED) is 0.842. The van der Waals surface area contributed by atoms with Gasteiger partial charge in [-0.1, -0.05) is 17.7 Å². The number of aliphatic hydroxyl groups is 1. The van der Waals surface area contributed by atoms with Crippen molar-refractivity contribution in [3.63, 3.8) is 0 Å². The zero-order valence-electron chi connectivity index (χ0n) is 9.37. The molecule has 0 spiro atoms. The fourth-order valence-electron chi connectivity index (χ4n) is 2.10. The summed E-state index contributed by atoms with van der Waals surface area (Å²) in [6.45, 7) is 1.97. The molecule has 3 N–H and O–H groups in total. The van der Waals surface area contributed by atoms with Gasteiger partial charge in [0.1, 0.15) is 0 Å². The minimum atomic E-state index is -0.368. The van der Waals surface area contributed by atoms with Crippen LogP contribution in [0.15, 0.2) is 18.2 Å². The number of aromatic nitrogens is 1. The Labute approximate surface area is 99.4 Å². The number of aryl methyl sites for hydroxylation is 2. The molecular formula is C12H15ClN2O. The van der Waals surface area contributed by atoms with Crippen LogP contribution in [0.1, 0.15) is 17.3 Å². The van der Waals surface area contributed by atoms with Crippen molar-refractivity contribution in [3.05, 3.63) is 34.5 Å². The number of nitrogens with zero attached hydrogens (tertiary/aromatic N) is 1. The van der Waals surface area contributed by atoms with Crippen LogP contribution < -0.4 is 5.73 Å². The third-order valence-electron chi connectivity index (χ3n) is 2.96. The number of halogens is 1. The third-order valence-corrected chi connectivity index (χ3v) is 3.29. The molecule has 1 atom stereocenters. The first-order valence-corrected chi connectivity index (χ1v) is 5.55. The van der Waals surface area contributed by atoms with Crippen LogP contribution in [0.4, 0.5) is 0 Å². The second-order valence-electron chi connectivity index (χ2n) is 4.04. The van der Waals surface area contributed by atoms with Crippen LogP contribution in [0.25, 0.3) is 10.9 Å². The molecule has 0 saturated heterocycles. The van der Waals surface area contributed by atoms with Crippen molar-refractivity contribution >= 4 is 22.5 Å². The van der Waals surface area contributed by atoms with Crippen LogP contribution in [0, 0.1) is 6.92 Å². The van der Waals surface area contributed by atoms with E-state index in [1.807, 2.05) is 36.7 Å². The van der Waals surface area contributed by atoms with Crippen LogP contribution >= 0.6 is 11.6 Å². The van der Waals surface area contributed by atoms with Crippen molar-refractivity contribution < 1.29 is 5.11 Å². The molecule has 4 heteroatoms. The molecule has 0 radical (unpaired) electrons. The molecule has 1 unspecified atom stereocenters. The summed E-state index contributed by atoms with van der Waals surface area (Å²) in [5.41, 5.74) is 8.97. The minimum absolute atomic E-state index is 0.0686. The topological polar surface area (TPSA) is 51.2 Å². The minimum Gasteiger partial charge on any atom is -0.394 e. The van der Waals surface area contributed by atoms with Crippen molar-refractivity contribution in [2.45, 2.75) is 13.0 Å². The Kier molecular flexibility index (Phi) is 2.93. The number of nitrogens with two attached hydrogens (primary N) is 1. The van der Waals surface area contributed by atoms with Crippen LogP contribution in [0.5, 0.6) is 0 Å². The van der Waals surface area contributed by atoms with E-state index in [0.29, 0.717) is 5.02 Å². The molecule has 16 heavy (non-hydrogen) atoms. The van der Waals surface area contributed by atoms with Gasteiger partial charge < -0.3 is 15.4 Å². The Morgan fingerprint density at radius 3 is 2.75 bits per heavy atom. The monoisotopic (exact) mass is 238 g/mol. The summed E-state index contributed by atoms with van der Waals surface area (Å²) in [5, 5.41) is 10.8. The normalized spacial score (nSPS) is 13.3. The summed E-state index contributed by atoms with van der Waals surface area (Å²) in [4.78, 5) is 0.